The van der Waals surface area contributed by atoms with Crippen molar-refractivity contribution in [2.24, 2.45) is 0 Å². The molecule has 2 rings (SSSR count). The average Bonchev–Trinajstić information content (AvgIpc) is 2.45. The molecule has 0 saturated carbocycles. The van der Waals surface area contributed by atoms with Crippen LogP contribution in [0.15, 0.2) is 46.5 Å². The summed E-state index contributed by atoms with van der Waals surface area (Å²) >= 11 is 0. The van der Waals surface area contributed by atoms with Gasteiger partial charge in [-0.3, -0.25) is 0 Å². The van der Waals surface area contributed by atoms with Crippen LogP contribution in [0.25, 0.3) is 0 Å². The molecule has 0 bridgehead atoms. The molecule has 0 amide bonds. The molecule has 0 fully saturated rings. The maximum Gasteiger partial charge on any atom is 1.00 e. The maximum atomic E-state index is 10.7. The zero-order chi connectivity index (χ0) is 14.5. The van der Waals surface area contributed by atoms with Gasteiger partial charge in [0.15, 0.2) is 0 Å². The molecule has 102 valence electrons. The number of nitrogens with zero attached hydrogens (tertiary/aromatic N) is 2. The largest absolute Gasteiger partial charge is 1.00 e. The molecule has 0 aliphatic carbocycles. The number of carbonyl (C=O) groups is 2. The van der Waals surface area contributed by atoms with E-state index in [0.717, 1.165) is 21.6 Å². The summed E-state index contributed by atoms with van der Waals surface area (Å²) in [4.78, 5) is 29.1. The monoisotopic (exact) mass is 352 g/mol. The van der Waals surface area contributed by atoms with Gasteiger partial charge in [-0.1, -0.05) is 12.1 Å². The van der Waals surface area contributed by atoms with Crippen molar-refractivity contribution in [3.05, 3.63) is 47.8 Å². The summed E-state index contributed by atoms with van der Waals surface area (Å²) in [5.74, 6) is -2.70. The van der Waals surface area contributed by atoms with Gasteiger partial charge in [0, 0.05) is 0 Å². The third kappa shape index (κ3) is 6.59. The average molecular weight is 352 g/mol. The van der Waals surface area contributed by atoms with Crippen LogP contribution in [0, 0.1) is 0 Å². The Balaban J connectivity index is 0.00000220. The number of carbonyl (C=O) groups excluding carboxylic acids is 2. The topological polar surface area (TPSA) is 106 Å². The van der Waals surface area contributed by atoms with Gasteiger partial charge in [-0.25, -0.2) is 9.97 Å². The minimum absolute atomic E-state index is 0. The molecular weight excluding hydrogens is 346 g/mol. The number of carboxylic acids is 2. The summed E-state index contributed by atoms with van der Waals surface area (Å²) in [6.45, 7) is 0. The Morgan fingerprint density at radius 2 is 1.14 bits per heavy atom. The van der Waals surface area contributed by atoms with Gasteiger partial charge in [-0.15, -0.1) is 0 Å². The van der Waals surface area contributed by atoms with E-state index < -0.39 is 11.9 Å². The van der Waals surface area contributed by atoms with Crippen LogP contribution in [0.4, 0.5) is 0 Å². The Morgan fingerprint density at radius 3 is 1.45 bits per heavy atom. The number of hydrogen-bond acceptors (Lipinski definition) is 8. The van der Waals surface area contributed by atoms with Crippen molar-refractivity contribution in [3.8, 4) is 0 Å². The van der Waals surface area contributed by atoms with E-state index in [4.69, 9.17) is 0 Å². The summed E-state index contributed by atoms with van der Waals surface area (Å²) in [5.41, 5.74) is -0.320. The van der Waals surface area contributed by atoms with E-state index in [1.54, 1.807) is 24.3 Å². The predicted octanol–water partition coefficient (Wildman–Crippen LogP) is -5.99. The number of aromatic carboxylic acids is 2. The van der Waals surface area contributed by atoms with E-state index in [1.165, 1.54) is 12.1 Å². The second kappa shape index (κ2) is 10.7. The summed E-state index contributed by atoms with van der Waals surface area (Å²) < 4.78 is 0. The van der Waals surface area contributed by atoms with Crippen molar-refractivity contribution in [2.75, 3.05) is 0 Å². The summed E-state index contributed by atoms with van der Waals surface area (Å²) in [5, 5.41) is 22.3. The zero-order valence-electron chi connectivity index (χ0n) is 11.8. The van der Waals surface area contributed by atoms with Crippen molar-refractivity contribution in [3.63, 3.8) is 0 Å². The molecule has 2 heterocycles. The van der Waals surface area contributed by atoms with Crippen molar-refractivity contribution in [2.45, 2.75) is 10.1 Å². The zero-order valence-corrected chi connectivity index (χ0v) is 17.4. The van der Waals surface area contributed by atoms with E-state index in [2.05, 4.69) is 9.97 Å². The Morgan fingerprint density at radius 1 is 0.773 bits per heavy atom. The number of aromatic nitrogens is 2. The first-order valence-corrected chi connectivity index (χ1v) is 7.42. The first-order valence-electron chi connectivity index (χ1n) is 5.27. The quantitative estimate of drug-likeness (QED) is 0.387. The van der Waals surface area contributed by atoms with Gasteiger partial charge in [-0.2, -0.15) is 0 Å². The Kier molecular flexibility index (Phi) is 10.6. The van der Waals surface area contributed by atoms with Gasteiger partial charge in [0.05, 0.1) is 23.3 Å². The van der Waals surface area contributed by atoms with Crippen molar-refractivity contribution in [1.82, 2.24) is 9.97 Å². The normalized spacial score (nSPS) is 9.27. The number of rotatable bonds is 5. The van der Waals surface area contributed by atoms with Gasteiger partial charge in [-0.05, 0) is 45.9 Å². The van der Waals surface area contributed by atoms with Crippen molar-refractivity contribution in [1.29, 1.82) is 0 Å². The van der Waals surface area contributed by atoms with E-state index in [0.29, 0.717) is 10.1 Å². The summed E-state index contributed by atoms with van der Waals surface area (Å²) in [6.07, 6.45) is 0. The van der Waals surface area contributed by atoms with E-state index in [1.807, 2.05) is 0 Å². The molecule has 0 N–H and O–H groups in total. The van der Waals surface area contributed by atoms with Crippen LogP contribution < -0.4 is 69.3 Å². The third-order valence-electron chi connectivity index (χ3n) is 2.08. The van der Waals surface area contributed by atoms with Crippen LogP contribution in [0.3, 0.4) is 0 Å². The standard InChI is InChI=1S/C12H8N2O4S2.2Na/c15-11(16)7-3-1-5-9(13-7)19-20-10-6-2-4-8(14-10)12(17)18;;/h1-6H,(H,15,16)(H,17,18);;/q;2*+1/p-2. The molecular formula is C12H6N2Na2O4S2. The molecule has 0 aromatic carbocycles. The van der Waals surface area contributed by atoms with Gasteiger partial charge < -0.3 is 19.8 Å². The number of carboxylic acid groups (broad SMARTS) is 2. The molecule has 0 atom stereocenters. The van der Waals surface area contributed by atoms with Gasteiger partial charge in [0.1, 0.15) is 10.1 Å². The smallest absolute Gasteiger partial charge is 0.543 e. The summed E-state index contributed by atoms with van der Waals surface area (Å²) in [6, 6.07) is 9.02. The molecule has 0 radical (unpaired) electrons. The minimum atomic E-state index is -1.35. The molecule has 2 aromatic rings. The fourth-order valence-electron chi connectivity index (χ4n) is 1.24. The predicted molar refractivity (Wildman–Crippen MR) is 68.8 cm³/mol. The molecule has 0 spiro atoms. The Bertz CT molecular complexity index is 616. The van der Waals surface area contributed by atoms with E-state index >= 15 is 0 Å². The second-order valence-electron chi connectivity index (χ2n) is 3.46. The summed E-state index contributed by atoms with van der Waals surface area (Å²) in [7, 11) is 2.33. The molecule has 0 unspecified atom stereocenters. The first-order chi connectivity index (χ1) is 9.56. The van der Waals surface area contributed by atoms with Crippen molar-refractivity contribution >= 4 is 33.5 Å². The molecule has 6 nitrogen and oxygen atoms in total. The van der Waals surface area contributed by atoms with Gasteiger partial charge >= 0.3 is 59.1 Å². The van der Waals surface area contributed by atoms with Crippen LogP contribution in [0.1, 0.15) is 21.0 Å². The Labute approximate surface area is 178 Å². The van der Waals surface area contributed by atoms with Gasteiger partial charge in [0.2, 0.25) is 0 Å². The third-order valence-corrected chi connectivity index (χ3v) is 4.23. The minimum Gasteiger partial charge on any atom is -0.543 e. The fraction of sp³-hybridized carbons (Fsp3) is 0. The SMILES string of the molecule is O=C([O-])c1cccc(SSc2cccc(C(=O)[O-])n2)n1.[Na+].[Na+]. The van der Waals surface area contributed by atoms with Crippen LogP contribution >= 0.6 is 21.6 Å². The van der Waals surface area contributed by atoms with Crippen molar-refractivity contribution < 1.29 is 78.9 Å². The molecule has 0 aliphatic rings. The van der Waals surface area contributed by atoms with Crippen LogP contribution in [0.5, 0.6) is 0 Å². The number of pyridine rings is 2. The first kappa shape index (κ1) is 21.9. The molecule has 2 aromatic heterocycles. The second-order valence-corrected chi connectivity index (χ2v) is 5.63. The van der Waals surface area contributed by atoms with E-state index in [9.17, 15) is 19.8 Å². The molecule has 10 heteroatoms. The van der Waals surface area contributed by atoms with Crippen LogP contribution in [-0.4, -0.2) is 21.9 Å². The van der Waals surface area contributed by atoms with E-state index in [-0.39, 0.29) is 70.5 Å². The Hall–Kier alpha value is -0.0600. The van der Waals surface area contributed by atoms with Crippen LogP contribution in [-0.2, 0) is 0 Å². The maximum absolute atomic E-state index is 10.7. The van der Waals surface area contributed by atoms with Gasteiger partial charge in [0.25, 0.3) is 0 Å². The molecule has 22 heavy (non-hydrogen) atoms. The van der Waals surface area contributed by atoms with Crippen LogP contribution in [0.2, 0.25) is 0 Å². The molecule has 0 saturated heterocycles. The number of hydrogen-bond donors (Lipinski definition) is 0. The molecule has 0 aliphatic heterocycles. The fourth-order valence-corrected chi connectivity index (χ4v) is 3.01.